The molecule has 1 atom stereocenters. The van der Waals surface area contributed by atoms with Crippen LogP contribution in [0.5, 0.6) is 0 Å². The van der Waals surface area contributed by atoms with E-state index < -0.39 is 46.4 Å². The summed E-state index contributed by atoms with van der Waals surface area (Å²) in [6.07, 6.45) is -9.04. The zero-order chi connectivity index (χ0) is 28.6. The first-order valence-corrected chi connectivity index (χ1v) is 11.8. The number of amides is 2. The van der Waals surface area contributed by atoms with Gasteiger partial charge in [-0.1, -0.05) is 48.0 Å². The number of carbonyl (C=O) groups is 2. The Bertz CT molecular complexity index is 1410. The van der Waals surface area contributed by atoms with Crippen LogP contribution in [-0.2, 0) is 27.4 Å². The van der Waals surface area contributed by atoms with Crippen LogP contribution in [0, 0.1) is 0 Å². The third-order valence-electron chi connectivity index (χ3n) is 6.39. The van der Waals surface area contributed by atoms with E-state index in [1.807, 2.05) is 19.1 Å². The highest BCUT2D eigenvalue weighted by molar-refractivity contribution is 6.32. The van der Waals surface area contributed by atoms with Gasteiger partial charge in [-0.05, 0) is 48.9 Å². The number of benzene rings is 3. The molecule has 1 aliphatic rings. The van der Waals surface area contributed by atoms with Crippen LogP contribution < -0.4 is 4.90 Å². The molecule has 0 saturated carbocycles. The summed E-state index contributed by atoms with van der Waals surface area (Å²) in [4.78, 5) is 25.4. The van der Waals surface area contributed by atoms with Crippen LogP contribution in [0.4, 0.5) is 32.0 Å². The van der Waals surface area contributed by atoms with Gasteiger partial charge in [0.15, 0.2) is 0 Å². The first-order valence-electron chi connectivity index (χ1n) is 11.5. The van der Waals surface area contributed by atoms with Gasteiger partial charge in [0.25, 0.3) is 5.91 Å². The quantitative estimate of drug-likeness (QED) is 0.251. The smallest absolute Gasteiger partial charge is 0.286 e. The topological polar surface area (TPSA) is 53.0 Å². The number of hydrogen-bond acceptors (Lipinski definition) is 4. The second kappa shape index (κ2) is 10.4. The van der Waals surface area contributed by atoms with E-state index in [4.69, 9.17) is 11.6 Å². The van der Waals surface area contributed by atoms with Gasteiger partial charge in [-0.25, -0.2) is 0 Å². The largest absolute Gasteiger partial charge is 0.417 e. The molecule has 0 bridgehead atoms. The summed E-state index contributed by atoms with van der Waals surface area (Å²) in [5.74, 6) is -0.768. The lowest BCUT2D eigenvalue weighted by atomic mass is 9.76. The summed E-state index contributed by atoms with van der Waals surface area (Å²) in [6, 6.07) is 15.8. The summed E-state index contributed by atoms with van der Waals surface area (Å²) in [5.41, 5.74) is -1.46. The Morgan fingerprint density at radius 3 is 2.18 bits per heavy atom. The normalized spacial score (nSPS) is 17.6. The van der Waals surface area contributed by atoms with Crippen molar-refractivity contribution in [1.82, 2.24) is 5.01 Å². The van der Waals surface area contributed by atoms with Crippen molar-refractivity contribution in [2.45, 2.75) is 24.7 Å². The third kappa shape index (κ3) is 5.78. The van der Waals surface area contributed by atoms with Crippen LogP contribution in [0.1, 0.15) is 29.2 Å². The maximum absolute atomic E-state index is 13.3. The van der Waals surface area contributed by atoms with Crippen LogP contribution in [0.15, 0.2) is 77.9 Å². The summed E-state index contributed by atoms with van der Waals surface area (Å²) in [6.45, 7) is 1.50. The van der Waals surface area contributed by atoms with E-state index in [0.717, 1.165) is 42.0 Å². The number of anilines is 1. The highest BCUT2D eigenvalue weighted by Crippen LogP contribution is 2.39. The molecule has 5 nitrogen and oxygen atoms in total. The van der Waals surface area contributed by atoms with Crippen LogP contribution in [0.2, 0.25) is 5.02 Å². The summed E-state index contributed by atoms with van der Waals surface area (Å²) >= 11 is 5.96. The summed E-state index contributed by atoms with van der Waals surface area (Å²) in [5, 5.41) is 5.36. The second-order valence-electron chi connectivity index (χ2n) is 9.08. The Kier molecular flexibility index (Phi) is 7.48. The van der Waals surface area contributed by atoms with Gasteiger partial charge < -0.3 is 0 Å². The third-order valence-corrected chi connectivity index (χ3v) is 6.70. The van der Waals surface area contributed by atoms with E-state index in [1.54, 1.807) is 18.2 Å². The van der Waals surface area contributed by atoms with Crippen molar-refractivity contribution in [2.75, 3.05) is 18.0 Å². The van der Waals surface area contributed by atoms with E-state index in [1.165, 1.54) is 11.1 Å². The maximum Gasteiger partial charge on any atom is 0.417 e. The van der Waals surface area contributed by atoms with E-state index in [-0.39, 0.29) is 18.6 Å². The molecule has 0 radical (unpaired) electrons. The number of nitrogens with zero attached hydrogens (tertiary/aromatic N) is 3. The van der Waals surface area contributed by atoms with Crippen molar-refractivity contribution in [3.8, 4) is 0 Å². The molecule has 1 unspecified atom stereocenters. The fourth-order valence-corrected chi connectivity index (χ4v) is 4.72. The van der Waals surface area contributed by atoms with Crippen LogP contribution in [0.3, 0.4) is 0 Å². The zero-order valence-corrected chi connectivity index (χ0v) is 21.0. The first kappa shape index (κ1) is 28.2. The Morgan fingerprint density at radius 2 is 1.64 bits per heavy atom. The van der Waals surface area contributed by atoms with Crippen molar-refractivity contribution in [3.63, 3.8) is 0 Å². The fourth-order valence-electron chi connectivity index (χ4n) is 4.43. The minimum Gasteiger partial charge on any atom is -0.286 e. The number of hydrogen-bond donors (Lipinski definition) is 0. The highest BCUT2D eigenvalue weighted by Gasteiger charge is 2.42. The lowest BCUT2D eigenvalue weighted by Crippen LogP contribution is -2.41. The van der Waals surface area contributed by atoms with Crippen molar-refractivity contribution in [1.29, 1.82) is 0 Å². The molecule has 0 spiro atoms. The predicted molar refractivity (Wildman–Crippen MR) is 133 cm³/mol. The Hall–Kier alpha value is -3.86. The molecule has 3 aromatic rings. The van der Waals surface area contributed by atoms with Gasteiger partial charge >= 0.3 is 12.4 Å². The van der Waals surface area contributed by atoms with Crippen molar-refractivity contribution in [3.05, 3.63) is 100 Å². The van der Waals surface area contributed by atoms with Crippen LogP contribution >= 0.6 is 11.6 Å². The minimum absolute atomic E-state index is 0.0632. The van der Waals surface area contributed by atoms with Gasteiger partial charge in [-0.15, -0.1) is 0 Å². The minimum atomic E-state index is -4.65. The zero-order valence-electron chi connectivity index (χ0n) is 20.2. The molecule has 0 aromatic heterocycles. The number of halogens is 7. The van der Waals surface area contributed by atoms with Crippen LogP contribution in [-0.4, -0.2) is 36.1 Å². The number of carbonyl (C=O) groups excluding carboxylic acids is 2. The molecule has 3 aromatic carbocycles. The Morgan fingerprint density at radius 1 is 1.00 bits per heavy atom. The van der Waals surface area contributed by atoms with E-state index in [0.29, 0.717) is 16.2 Å². The molecule has 1 heterocycles. The van der Waals surface area contributed by atoms with Crippen molar-refractivity contribution >= 4 is 35.3 Å². The molecule has 0 fully saturated rings. The SMILES string of the molecule is CC1(c2ccccc2)CN(CC(=O)N(C=O)c2ccc(C(F)(F)F)cc2)N=C1c1ccc(C(F)(F)F)c(Cl)c1. The first-order chi connectivity index (χ1) is 18.2. The maximum atomic E-state index is 13.3. The molecule has 204 valence electrons. The summed E-state index contributed by atoms with van der Waals surface area (Å²) in [7, 11) is 0. The van der Waals surface area contributed by atoms with E-state index >= 15 is 0 Å². The molecule has 39 heavy (non-hydrogen) atoms. The van der Waals surface area contributed by atoms with Crippen molar-refractivity contribution < 1.29 is 35.9 Å². The van der Waals surface area contributed by atoms with Gasteiger partial charge in [0.2, 0.25) is 6.41 Å². The Labute approximate surface area is 224 Å². The molecule has 0 saturated heterocycles. The predicted octanol–water partition coefficient (Wildman–Crippen LogP) is 6.54. The van der Waals surface area contributed by atoms with Crippen LogP contribution in [0.25, 0.3) is 0 Å². The van der Waals surface area contributed by atoms with Crippen molar-refractivity contribution in [2.24, 2.45) is 5.10 Å². The average molecular weight is 568 g/mol. The molecule has 0 aliphatic carbocycles. The number of alkyl halides is 6. The van der Waals surface area contributed by atoms with Gasteiger partial charge in [0.05, 0.1) is 39.5 Å². The lowest BCUT2D eigenvalue weighted by Gasteiger charge is -2.28. The molecule has 12 heteroatoms. The van der Waals surface area contributed by atoms with E-state index in [2.05, 4.69) is 5.10 Å². The molecule has 2 amide bonds. The summed E-state index contributed by atoms with van der Waals surface area (Å²) < 4.78 is 78.5. The van der Waals surface area contributed by atoms with Gasteiger partial charge in [0, 0.05) is 5.56 Å². The molecule has 1 aliphatic heterocycles. The molecule has 0 N–H and O–H groups in total. The van der Waals surface area contributed by atoms with Gasteiger partial charge in [-0.2, -0.15) is 31.4 Å². The number of rotatable bonds is 6. The number of hydrazone groups is 1. The van der Waals surface area contributed by atoms with E-state index in [9.17, 15) is 35.9 Å². The molecular formula is C27H20ClF6N3O2. The van der Waals surface area contributed by atoms with Gasteiger partial charge in [-0.3, -0.25) is 19.5 Å². The molecule has 4 rings (SSSR count). The Balaban J connectivity index is 1.66. The second-order valence-corrected chi connectivity index (χ2v) is 9.48. The standard InChI is InChI=1S/C27H20ClF6N3O2/c1-25(18-5-3-2-4-6-18)15-36(35-24(25)17-7-12-21(22(28)13-17)27(32,33)34)14-23(39)37(16-38)20-10-8-19(9-11-20)26(29,30)31/h2-13,16H,14-15H2,1H3. The molecular weight excluding hydrogens is 548 g/mol. The average Bonchev–Trinajstić information content (AvgIpc) is 3.21. The van der Waals surface area contributed by atoms with Gasteiger partial charge in [0.1, 0.15) is 6.54 Å². The number of imide groups is 1. The lowest BCUT2D eigenvalue weighted by molar-refractivity contribution is -0.138. The highest BCUT2D eigenvalue weighted by atomic mass is 35.5. The monoisotopic (exact) mass is 567 g/mol. The fraction of sp³-hybridized carbons (Fsp3) is 0.222.